The first-order chi connectivity index (χ1) is 10.3. The van der Waals surface area contributed by atoms with Crippen molar-refractivity contribution in [2.24, 2.45) is 11.8 Å². The Kier molecular flexibility index (Phi) is 7.16. The summed E-state index contributed by atoms with van der Waals surface area (Å²) < 4.78 is 5.20. The van der Waals surface area contributed by atoms with E-state index in [1.165, 1.54) is 6.42 Å². The Morgan fingerprint density at radius 3 is 2.41 bits per heavy atom. The van der Waals surface area contributed by atoms with Crippen LogP contribution in [0, 0.1) is 23.2 Å². The molecule has 0 saturated heterocycles. The van der Waals surface area contributed by atoms with Gasteiger partial charge in [0, 0.05) is 6.54 Å². The molecule has 22 heavy (non-hydrogen) atoms. The predicted molar refractivity (Wildman–Crippen MR) is 82.9 cm³/mol. The van der Waals surface area contributed by atoms with Gasteiger partial charge in [-0.15, -0.1) is 0 Å². The van der Waals surface area contributed by atoms with Crippen LogP contribution in [0.4, 0.5) is 4.79 Å². The number of nitriles is 1. The lowest BCUT2D eigenvalue weighted by atomic mass is 9.79. The lowest BCUT2D eigenvalue weighted by Crippen LogP contribution is -2.44. The average molecular weight is 309 g/mol. The van der Waals surface area contributed by atoms with Crippen molar-refractivity contribution in [3.05, 3.63) is 0 Å². The molecular weight excluding hydrogens is 282 g/mol. The third-order valence-electron chi connectivity index (χ3n) is 3.76. The second-order valence-electron chi connectivity index (χ2n) is 6.76. The molecule has 1 aliphatic rings. The van der Waals surface area contributed by atoms with Crippen LogP contribution in [0.5, 0.6) is 0 Å². The summed E-state index contributed by atoms with van der Waals surface area (Å²) in [6, 6.07) is 1.91. The van der Waals surface area contributed by atoms with Crippen molar-refractivity contribution in [3.63, 3.8) is 0 Å². The fourth-order valence-electron chi connectivity index (χ4n) is 2.78. The van der Waals surface area contributed by atoms with E-state index < -0.39 is 11.7 Å². The fraction of sp³-hybridized carbons (Fsp3) is 0.812. The molecule has 1 saturated carbocycles. The van der Waals surface area contributed by atoms with Crippen LogP contribution in [-0.4, -0.2) is 30.7 Å². The predicted octanol–water partition coefficient (Wildman–Crippen LogP) is 2.35. The van der Waals surface area contributed by atoms with Gasteiger partial charge in [-0.2, -0.15) is 5.26 Å². The van der Waals surface area contributed by atoms with Crippen LogP contribution in [0.2, 0.25) is 0 Å². The Balaban J connectivity index is 2.59. The highest BCUT2D eigenvalue weighted by atomic mass is 16.6. The van der Waals surface area contributed by atoms with Crippen molar-refractivity contribution < 1.29 is 14.3 Å². The molecule has 0 heterocycles. The van der Waals surface area contributed by atoms with Gasteiger partial charge >= 0.3 is 6.09 Å². The van der Waals surface area contributed by atoms with Crippen molar-refractivity contribution in [2.75, 3.05) is 13.1 Å². The first-order valence-electron chi connectivity index (χ1n) is 7.95. The van der Waals surface area contributed by atoms with Gasteiger partial charge in [-0.05, 0) is 39.5 Å². The maximum absolute atomic E-state index is 12.2. The van der Waals surface area contributed by atoms with Crippen molar-refractivity contribution >= 4 is 12.0 Å². The van der Waals surface area contributed by atoms with Crippen molar-refractivity contribution in [3.8, 4) is 6.07 Å². The largest absolute Gasteiger partial charge is 0.444 e. The molecule has 6 heteroatoms. The van der Waals surface area contributed by atoms with Gasteiger partial charge in [-0.3, -0.25) is 4.79 Å². The van der Waals surface area contributed by atoms with E-state index >= 15 is 0 Å². The minimum Gasteiger partial charge on any atom is -0.444 e. The number of amides is 2. The molecule has 1 rings (SSSR count). The first-order valence-corrected chi connectivity index (χ1v) is 7.95. The quantitative estimate of drug-likeness (QED) is 0.763. The molecule has 6 nitrogen and oxygen atoms in total. The molecule has 1 atom stereocenters. The number of ether oxygens (including phenoxy) is 1. The molecule has 2 N–H and O–H groups in total. The van der Waals surface area contributed by atoms with Crippen LogP contribution in [0.1, 0.15) is 52.9 Å². The zero-order chi connectivity index (χ0) is 16.6. The lowest BCUT2D eigenvalue weighted by molar-refractivity contribution is -0.126. The number of alkyl carbamates (subject to hydrolysis) is 1. The molecule has 1 fully saturated rings. The SMILES string of the molecule is CC(C)(C)OC(=O)NCC(C(=O)NCC#N)C1CCCCC1. The monoisotopic (exact) mass is 309 g/mol. The van der Waals surface area contributed by atoms with E-state index in [1.54, 1.807) is 20.8 Å². The van der Waals surface area contributed by atoms with Gasteiger partial charge in [-0.25, -0.2) is 4.79 Å². The summed E-state index contributed by atoms with van der Waals surface area (Å²) in [6.45, 7) is 5.63. The van der Waals surface area contributed by atoms with Crippen LogP contribution in [0.15, 0.2) is 0 Å². The van der Waals surface area contributed by atoms with Crippen molar-refractivity contribution in [2.45, 2.75) is 58.5 Å². The zero-order valence-corrected chi connectivity index (χ0v) is 13.8. The van der Waals surface area contributed by atoms with Gasteiger partial charge in [-0.1, -0.05) is 19.3 Å². The minimum absolute atomic E-state index is 0.00547. The van der Waals surface area contributed by atoms with E-state index in [4.69, 9.17) is 10.00 Å². The van der Waals surface area contributed by atoms with E-state index in [2.05, 4.69) is 10.6 Å². The zero-order valence-electron chi connectivity index (χ0n) is 13.8. The number of nitrogens with one attached hydrogen (secondary N) is 2. The van der Waals surface area contributed by atoms with Gasteiger partial charge in [0.05, 0.1) is 12.0 Å². The van der Waals surface area contributed by atoms with E-state index in [1.807, 2.05) is 6.07 Å². The fourth-order valence-corrected chi connectivity index (χ4v) is 2.78. The molecule has 0 spiro atoms. The third kappa shape index (κ3) is 6.79. The number of nitrogens with zero attached hydrogens (tertiary/aromatic N) is 1. The van der Waals surface area contributed by atoms with E-state index in [0.717, 1.165) is 25.7 Å². The van der Waals surface area contributed by atoms with Crippen LogP contribution in [0.25, 0.3) is 0 Å². The van der Waals surface area contributed by atoms with Gasteiger partial charge in [0.1, 0.15) is 12.1 Å². The van der Waals surface area contributed by atoms with Crippen LogP contribution < -0.4 is 10.6 Å². The molecule has 1 unspecified atom stereocenters. The second kappa shape index (κ2) is 8.62. The van der Waals surface area contributed by atoms with E-state index in [9.17, 15) is 9.59 Å². The normalized spacial score (nSPS) is 17.2. The highest BCUT2D eigenvalue weighted by molar-refractivity contribution is 5.80. The first kappa shape index (κ1) is 18.3. The maximum atomic E-state index is 12.2. The van der Waals surface area contributed by atoms with Crippen molar-refractivity contribution in [1.29, 1.82) is 5.26 Å². The van der Waals surface area contributed by atoms with Crippen molar-refractivity contribution in [1.82, 2.24) is 10.6 Å². The summed E-state index contributed by atoms with van der Waals surface area (Å²) in [5.41, 5.74) is -0.562. The molecular formula is C16H27N3O3. The topological polar surface area (TPSA) is 91.2 Å². The summed E-state index contributed by atoms with van der Waals surface area (Å²) in [6.07, 6.45) is 4.88. The Morgan fingerprint density at radius 1 is 1.23 bits per heavy atom. The molecule has 0 radical (unpaired) electrons. The minimum atomic E-state index is -0.562. The third-order valence-corrected chi connectivity index (χ3v) is 3.76. The molecule has 124 valence electrons. The van der Waals surface area contributed by atoms with E-state index in [0.29, 0.717) is 0 Å². The molecule has 1 aliphatic carbocycles. The number of carbonyl (C=O) groups excluding carboxylic acids is 2. The summed E-state index contributed by atoms with van der Waals surface area (Å²) in [5.74, 6) is -0.215. The summed E-state index contributed by atoms with van der Waals surface area (Å²) in [7, 11) is 0. The second-order valence-corrected chi connectivity index (χ2v) is 6.76. The maximum Gasteiger partial charge on any atom is 0.407 e. The van der Waals surface area contributed by atoms with E-state index in [-0.39, 0.29) is 30.8 Å². The molecule has 0 aromatic carbocycles. The highest BCUT2D eigenvalue weighted by Crippen LogP contribution is 2.30. The molecule has 0 aliphatic heterocycles. The van der Waals surface area contributed by atoms with Crippen LogP contribution in [-0.2, 0) is 9.53 Å². The Bertz CT molecular complexity index is 417. The number of rotatable bonds is 5. The average Bonchev–Trinajstić information content (AvgIpc) is 2.44. The molecule has 0 aromatic heterocycles. The molecule has 0 aromatic rings. The van der Waals surface area contributed by atoms with Gasteiger partial charge < -0.3 is 15.4 Å². The van der Waals surface area contributed by atoms with Crippen LogP contribution >= 0.6 is 0 Å². The van der Waals surface area contributed by atoms with Gasteiger partial charge in [0.15, 0.2) is 0 Å². The number of hydrogen-bond donors (Lipinski definition) is 2. The highest BCUT2D eigenvalue weighted by Gasteiger charge is 2.30. The molecule has 2 amide bonds. The smallest absolute Gasteiger partial charge is 0.407 e. The summed E-state index contributed by atoms with van der Waals surface area (Å²) in [4.78, 5) is 24.0. The number of carbonyl (C=O) groups is 2. The Morgan fingerprint density at radius 2 is 1.86 bits per heavy atom. The number of hydrogen-bond acceptors (Lipinski definition) is 4. The summed E-state index contributed by atoms with van der Waals surface area (Å²) in [5, 5.41) is 13.9. The lowest BCUT2D eigenvalue weighted by Gasteiger charge is -2.29. The standard InChI is InChI=1S/C16H27N3O3/c1-16(2,3)22-15(21)19-11-13(14(20)18-10-9-17)12-7-5-4-6-8-12/h12-13H,4-8,10-11H2,1-3H3,(H,18,20)(H,19,21). The molecule has 0 bridgehead atoms. The van der Waals surface area contributed by atoms with Crippen LogP contribution in [0.3, 0.4) is 0 Å². The summed E-state index contributed by atoms with van der Waals surface area (Å²) >= 11 is 0. The Hall–Kier alpha value is -1.77. The van der Waals surface area contributed by atoms with Gasteiger partial charge in [0.2, 0.25) is 5.91 Å². The van der Waals surface area contributed by atoms with Gasteiger partial charge in [0.25, 0.3) is 0 Å². The Labute approximate surface area is 132 Å².